The molecule has 0 radical (unpaired) electrons. The van der Waals surface area contributed by atoms with E-state index in [1.165, 1.54) is 6.07 Å². The largest absolute Gasteiger partial charge is 0.481 e. The lowest BCUT2D eigenvalue weighted by molar-refractivity contribution is -0.127. The Bertz CT molecular complexity index is 499. The van der Waals surface area contributed by atoms with Crippen LogP contribution in [0, 0.1) is 6.92 Å². The van der Waals surface area contributed by atoms with Crippen LogP contribution in [0.5, 0.6) is 5.75 Å². The van der Waals surface area contributed by atoms with E-state index in [0.29, 0.717) is 17.9 Å². The fraction of sp³-hybridized carbons (Fsp3) is 0.500. The van der Waals surface area contributed by atoms with Gasteiger partial charge in [-0.05, 0) is 32.4 Å². The molecule has 0 aromatic heterocycles. The number of carbonyl (C=O) groups excluding carboxylic acids is 1. The average Bonchev–Trinajstić information content (AvgIpc) is 2.45. The predicted molar refractivity (Wildman–Crippen MR) is 80.8 cm³/mol. The quantitative estimate of drug-likeness (QED) is 0.723. The molecule has 116 valence electrons. The van der Waals surface area contributed by atoms with Crippen LogP contribution in [0.25, 0.3) is 0 Å². The molecule has 0 aliphatic carbocycles. The first-order chi connectivity index (χ1) is 9.97. The summed E-state index contributed by atoms with van der Waals surface area (Å²) >= 11 is 0. The third-order valence-electron chi connectivity index (χ3n) is 3.27. The lowest BCUT2D eigenvalue weighted by Gasteiger charge is -2.17. The van der Waals surface area contributed by atoms with Gasteiger partial charge in [-0.2, -0.15) is 0 Å². The van der Waals surface area contributed by atoms with Crippen LogP contribution in [0.3, 0.4) is 0 Å². The number of amides is 1. The highest BCUT2D eigenvalue weighted by Crippen LogP contribution is 2.22. The second-order valence-electron chi connectivity index (χ2n) is 4.99. The van der Waals surface area contributed by atoms with Crippen LogP contribution in [-0.2, 0) is 4.79 Å². The first-order valence-electron chi connectivity index (χ1n) is 7.24. The van der Waals surface area contributed by atoms with Crippen LogP contribution in [0.1, 0.15) is 49.0 Å². The number of benzene rings is 1. The second kappa shape index (κ2) is 8.29. The summed E-state index contributed by atoms with van der Waals surface area (Å²) in [4.78, 5) is 22.9. The standard InChI is InChI=1S/C16H23NO4/c1-4-5-6-10-17-15(18)12(3)21-14-9-7-8-13(11(14)2)16(19)20/h7-9,12H,4-6,10H2,1-3H3,(H,17,18)(H,19,20). The molecule has 0 heterocycles. The van der Waals surface area contributed by atoms with Crippen molar-refractivity contribution < 1.29 is 19.4 Å². The van der Waals surface area contributed by atoms with Crippen molar-refractivity contribution >= 4 is 11.9 Å². The number of carbonyl (C=O) groups is 2. The lowest BCUT2D eigenvalue weighted by atomic mass is 10.1. The van der Waals surface area contributed by atoms with Crippen LogP contribution in [-0.4, -0.2) is 29.6 Å². The number of hydrogen-bond donors (Lipinski definition) is 2. The Labute approximate surface area is 125 Å². The van der Waals surface area contributed by atoms with Gasteiger partial charge in [0.15, 0.2) is 6.10 Å². The molecule has 0 bridgehead atoms. The van der Waals surface area contributed by atoms with E-state index in [4.69, 9.17) is 9.84 Å². The number of carboxylic acid groups (broad SMARTS) is 1. The minimum absolute atomic E-state index is 0.183. The number of carboxylic acids is 1. The summed E-state index contributed by atoms with van der Waals surface area (Å²) in [6.45, 7) is 6.06. The topological polar surface area (TPSA) is 75.6 Å². The van der Waals surface area contributed by atoms with Crippen LogP contribution < -0.4 is 10.1 Å². The Morgan fingerprint density at radius 1 is 1.33 bits per heavy atom. The molecule has 1 aromatic carbocycles. The maximum absolute atomic E-state index is 11.9. The molecule has 1 aromatic rings. The molecule has 0 spiro atoms. The molecule has 1 unspecified atom stereocenters. The highest BCUT2D eigenvalue weighted by Gasteiger charge is 2.17. The average molecular weight is 293 g/mol. The summed E-state index contributed by atoms with van der Waals surface area (Å²) in [5.74, 6) is -0.771. The van der Waals surface area contributed by atoms with E-state index in [1.54, 1.807) is 26.0 Å². The van der Waals surface area contributed by atoms with E-state index in [0.717, 1.165) is 19.3 Å². The highest BCUT2D eigenvalue weighted by molar-refractivity contribution is 5.90. The van der Waals surface area contributed by atoms with E-state index in [-0.39, 0.29) is 11.5 Å². The maximum atomic E-state index is 11.9. The zero-order valence-electron chi connectivity index (χ0n) is 12.8. The molecular weight excluding hydrogens is 270 g/mol. The van der Waals surface area contributed by atoms with E-state index in [2.05, 4.69) is 12.2 Å². The van der Waals surface area contributed by atoms with Crippen LogP contribution >= 0.6 is 0 Å². The van der Waals surface area contributed by atoms with Gasteiger partial charge >= 0.3 is 5.97 Å². The van der Waals surface area contributed by atoms with E-state index in [9.17, 15) is 9.59 Å². The fourth-order valence-electron chi connectivity index (χ4n) is 1.95. The minimum atomic E-state index is -1.00. The first-order valence-corrected chi connectivity index (χ1v) is 7.24. The third-order valence-corrected chi connectivity index (χ3v) is 3.27. The molecule has 0 aliphatic heterocycles. The molecule has 1 rings (SSSR count). The number of nitrogens with one attached hydrogen (secondary N) is 1. The van der Waals surface area contributed by atoms with Gasteiger partial charge in [-0.3, -0.25) is 4.79 Å². The predicted octanol–water partition coefficient (Wildman–Crippen LogP) is 2.77. The first kappa shape index (κ1) is 17.0. The van der Waals surface area contributed by atoms with Crippen molar-refractivity contribution in [2.24, 2.45) is 0 Å². The summed E-state index contributed by atoms with van der Waals surface area (Å²) in [7, 11) is 0. The fourth-order valence-corrected chi connectivity index (χ4v) is 1.95. The number of ether oxygens (including phenoxy) is 1. The van der Waals surface area contributed by atoms with Gasteiger partial charge in [-0.1, -0.05) is 25.8 Å². The normalized spacial score (nSPS) is 11.8. The molecule has 1 amide bonds. The van der Waals surface area contributed by atoms with Crippen molar-refractivity contribution in [3.05, 3.63) is 29.3 Å². The van der Waals surface area contributed by atoms with Crippen molar-refractivity contribution in [2.45, 2.75) is 46.1 Å². The van der Waals surface area contributed by atoms with Crippen LogP contribution in [0.15, 0.2) is 18.2 Å². The van der Waals surface area contributed by atoms with Crippen LogP contribution in [0.4, 0.5) is 0 Å². The summed E-state index contributed by atoms with van der Waals surface area (Å²) in [6, 6.07) is 4.79. The van der Waals surface area contributed by atoms with Gasteiger partial charge in [0.05, 0.1) is 5.56 Å². The Hall–Kier alpha value is -2.04. The minimum Gasteiger partial charge on any atom is -0.481 e. The Morgan fingerprint density at radius 3 is 2.67 bits per heavy atom. The summed E-state index contributed by atoms with van der Waals surface area (Å²) in [5.41, 5.74) is 0.707. The van der Waals surface area contributed by atoms with Gasteiger partial charge in [-0.25, -0.2) is 4.79 Å². The molecule has 0 saturated carbocycles. The molecule has 21 heavy (non-hydrogen) atoms. The van der Waals surface area contributed by atoms with Crippen molar-refractivity contribution in [1.29, 1.82) is 0 Å². The van der Waals surface area contributed by atoms with Gasteiger partial charge in [0.25, 0.3) is 5.91 Å². The monoisotopic (exact) mass is 293 g/mol. The van der Waals surface area contributed by atoms with Crippen molar-refractivity contribution in [3.63, 3.8) is 0 Å². The highest BCUT2D eigenvalue weighted by atomic mass is 16.5. The van der Waals surface area contributed by atoms with Gasteiger partial charge in [0.2, 0.25) is 0 Å². The zero-order valence-corrected chi connectivity index (χ0v) is 12.8. The number of rotatable bonds is 8. The van der Waals surface area contributed by atoms with Gasteiger partial charge in [0, 0.05) is 12.1 Å². The molecular formula is C16H23NO4. The van der Waals surface area contributed by atoms with Crippen molar-refractivity contribution in [2.75, 3.05) is 6.54 Å². The molecule has 0 aliphatic rings. The molecule has 1 atom stereocenters. The smallest absolute Gasteiger partial charge is 0.336 e. The van der Waals surface area contributed by atoms with Gasteiger partial charge in [0.1, 0.15) is 5.75 Å². The molecule has 2 N–H and O–H groups in total. The third kappa shape index (κ3) is 5.10. The summed E-state index contributed by atoms with van der Waals surface area (Å²) in [5, 5.41) is 11.9. The van der Waals surface area contributed by atoms with Crippen LogP contribution in [0.2, 0.25) is 0 Å². The SMILES string of the molecule is CCCCCNC(=O)C(C)Oc1cccc(C(=O)O)c1C. The molecule has 5 heteroatoms. The molecule has 5 nitrogen and oxygen atoms in total. The van der Waals surface area contributed by atoms with Gasteiger partial charge < -0.3 is 15.2 Å². The second-order valence-corrected chi connectivity index (χ2v) is 4.99. The maximum Gasteiger partial charge on any atom is 0.336 e. The lowest BCUT2D eigenvalue weighted by Crippen LogP contribution is -2.37. The molecule has 0 saturated heterocycles. The molecule has 0 fully saturated rings. The van der Waals surface area contributed by atoms with Gasteiger partial charge in [-0.15, -0.1) is 0 Å². The zero-order chi connectivity index (χ0) is 15.8. The Balaban J connectivity index is 2.62. The van der Waals surface area contributed by atoms with E-state index < -0.39 is 12.1 Å². The van der Waals surface area contributed by atoms with E-state index in [1.807, 2.05) is 0 Å². The number of unbranched alkanes of at least 4 members (excludes halogenated alkanes) is 2. The Kier molecular flexibility index (Phi) is 6.72. The van der Waals surface area contributed by atoms with Crippen molar-refractivity contribution in [3.8, 4) is 5.75 Å². The number of aromatic carboxylic acids is 1. The summed E-state index contributed by atoms with van der Waals surface area (Å²) < 4.78 is 5.58. The van der Waals surface area contributed by atoms with E-state index >= 15 is 0 Å². The number of hydrogen-bond acceptors (Lipinski definition) is 3. The van der Waals surface area contributed by atoms with Crippen molar-refractivity contribution in [1.82, 2.24) is 5.32 Å². The Morgan fingerprint density at radius 2 is 2.05 bits per heavy atom. The summed E-state index contributed by atoms with van der Waals surface area (Å²) in [6.07, 6.45) is 2.47.